The standard InChI is InChI=1S/C24H42O22/c25-1-5-8(28)10(30)15(35)21(43-5)41-3-7-9(29)12(32)19(38)24(40,45-7)23(4-27)18(37)13(33)16(36)22(46-23)44-17-6(2-26)42-20(39)14(34)11(17)31/h5-22,25-40H,1-4H2/t5?,6-,7-,8?,9-,10+,11-,12+,13-,14?,15?,16-,17-,18-,19-,20?,21+,22-,23-,24-/m1/s1. The van der Waals surface area contributed by atoms with Gasteiger partial charge in [0, 0.05) is 0 Å². The molecule has 0 aromatic rings. The number of rotatable bonds is 9. The molecule has 0 aromatic heterocycles. The van der Waals surface area contributed by atoms with Crippen LogP contribution in [0.3, 0.4) is 0 Å². The minimum atomic E-state index is -3.54. The average Bonchev–Trinajstić information content (AvgIpc) is 3.04. The number of aliphatic hydroxyl groups excluding tert-OH is 15. The molecule has 22 nitrogen and oxygen atoms in total. The highest BCUT2D eigenvalue weighted by Gasteiger charge is 2.71. The Labute approximate surface area is 258 Å². The van der Waals surface area contributed by atoms with Crippen LogP contribution in [0.2, 0.25) is 0 Å². The number of hydrogen-bond donors (Lipinski definition) is 16. The largest absolute Gasteiger partial charge is 0.394 e. The van der Waals surface area contributed by atoms with E-state index >= 15 is 0 Å². The molecule has 20 atom stereocenters. The van der Waals surface area contributed by atoms with Crippen LogP contribution in [0.5, 0.6) is 0 Å². The molecule has 0 amide bonds. The molecule has 4 rings (SSSR count). The van der Waals surface area contributed by atoms with Crippen molar-refractivity contribution in [3.8, 4) is 0 Å². The van der Waals surface area contributed by atoms with Gasteiger partial charge in [0.2, 0.25) is 5.79 Å². The molecule has 4 fully saturated rings. The van der Waals surface area contributed by atoms with E-state index in [1.807, 2.05) is 0 Å². The van der Waals surface area contributed by atoms with E-state index in [1.54, 1.807) is 0 Å². The van der Waals surface area contributed by atoms with Gasteiger partial charge in [0.25, 0.3) is 0 Å². The molecule has 0 bridgehead atoms. The zero-order valence-electron chi connectivity index (χ0n) is 23.8. The van der Waals surface area contributed by atoms with Gasteiger partial charge in [0.1, 0.15) is 91.6 Å². The Morgan fingerprint density at radius 3 is 1.67 bits per heavy atom. The molecule has 16 N–H and O–H groups in total. The van der Waals surface area contributed by atoms with E-state index in [0.29, 0.717) is 0 Å². The first-order chi connectivity index (χ1) is 21.5. The summed E-state index contributed by atoms with van der Waals surface area (Å²) in [5, 5.41) is 166. The summed E-state index contributed by atoms with van der Waals surface area (Å²) in [6.45, 7) is -4.34. The van der Waals surface area contributed by atoms with Gasteiger partial charge in [0.05, 0.1) is 26.4 Å². The third kappa shape index (κ3) is 6.31. The van der Waals surface area contributed by atoms with Crippen LogP contribution in [-0.2, 0) is 28.4 Å². The summed E-state index contributed by atoms with van der Waals surface area (Å²) >= 11 is 0. The van der Waals surface area contributed by atoms with E-state index in [1.165, 1.54) is 0 Å². The normalized spacial score (nSPS) is 55.3. The van der Waals surface area contributed by atoms with Crippen LogP contribution in [0.1, 0.15) is 0 Å². The molecule has 4 aliphatic heterocycles. The summed E-state index contributed by atoms with van der Waals surface area (Å²) in [5.74, 6) is -3.54. The molecule has 270 valence electrons. The summed E-state index contributed by atoms with van der Waals surface area (Å²) in [7, 11) is 0. The minimum Gasteiger partial charge on any atom is -0.394 e. The Bertz CT molecular complexity index is 992. The molecule has 46 heavy (non-hydrogen) atoms. The van der Waals surface area contributed by atoms with Gasteiger partial charge in [0.15, 0.2) is 24.5 Å². The van der Waals surface area contributed by atoms with E-state index in [4.69, 9.17) is 28.4 Å². The lowest BCUT2D eigenvalue weighted by atomic mass is 9.74. The molecular weight excluding hydrogens is 640 g/mol. The fraction of sp³-hybridized carbons (Fsp3) is 1.00. The van der Waals surface area contributed by atoms with Gasteiger partial charge in [-0.2, -0.15) is 0 Å². The molecular formula is C24H42O22. The molecule has 0 aromatic carbocycles. The van der Waals surface area contributed by atoms with Crippen molar-refractivity contribution in [3.63, 3.8) is 0 Å². The van der Waals surface area contributed by atoms with Crippen molar-refractivity contribution in [1.29, 1.82) is 0 Å². The van der Waals surface area contributed by atoms with Gasteiger partial charge in [-0.25, -0.2) is 0 Å². The highest BCUT2D eigenvalue weighted by atomic mass is 16.8. The summed E-state index contributed by atoms with van der Waals surface area (Å²) < 4.78 is 31.7. The summed E-state index contributed by atoms with van der Waals surface area (Å²) in [6.07, 6.45) is -37.1. The van der Waals surface area contributed by atoms with E-state index < -0.39 is 148 Å². The zero-order chi connectivity index (χ0) is 34.5. The lowest BCUT2D eigenvalue weighted by Crippen LogP contribution is -2.82. The Balaban J connectivity index is 1.61. The maximum Gasteiger partial charge on any atom is 0.230 e. The van der Waals surface area contributed by atoms with Crippen molar-refractivity contribution in [2.75, 3.05) is 26.4 Å². The molecule has 22 heteroatoms. The smallest absolute Gasteiger partial charge is 0.230 e. The van der Waals surface area contributed by atoms with Crippen molar-refractivity contribution in [2.24, 2.45) is 0 Å². The first-order valence-corrected chi connectivity index (χ1v) is 14.2. The highest BCUT2D eigenvalue weighted by Crippen LogP contribution is 2.45. The summed E-state index contributed by atoms with van der Waals surface area (Å²) in [6, 6.07) is 0. The average molecular weight is 683 g/mol. The van der Waals surface area contributed by atoms with Gasteiger partial charge in [-0.3, -0.25) is 0 Å². The van der Waals surface area contributed by atoms with Crippen LogP contribution in [0, 0.1) is 0 Å². The van der Waals surface area contributed by atoms with Crippen molar-refractivity contribution in [1.82, 2.24) is 0 Å². The highest BCUT2D eigenvalue weighted by molar-refractivity contribution is 5.14. The van der Waals surface area contributed by atoms with Crippen LogP contribution in [0.4, 0.5) is 0 Å². The monoisotopic (exact) mass is 682 g/mol. The quantitative estimate of drug-likeness (QED) is 0.107. The molecule has 0 spiro atoms. The Morgan fingerprint density at radius 1 is 0.522 bits per heavy atom. The maximum atomic E-state index is 11.7. The molecule has 0 radical (unpaired) electrons. The SMILES string of the molecule is OCC1O[C@H](OC[C@H]2O[C@@](O)([C@]3(CO)O[C@@H](O[C@H]4[C@H](O)C(O)C(O)O[C@@H]4CO)[C@H](O)[C@@H](O)[C@H]3O)[C@H](O)[C@@H](O)[C@@H]2O)C(O)[C@@H](O)C1O. The van der Waals surface area contributed by atoms with Crippen molar-refractivity contribution in [3.05, 3.63) is 0 Å². The number of hydrogen-bond acceptors (Lipinski definition) is 22. The van der Waals surface area contributed by atoms with E-state index in [0.717, 1.165) is 0 Å². The van der Waals surface area contributed by atoms with Gasteiger partial charge >= 0.3 is 0 Å². The molecule has 4 aliphatic rings. The fourth-order valence-electron chi connectivity index (χ4n) is 5.89. The van der Waals surface area contributed by atoms with Crippen LogP contribution in [0.15, 0.2) is 0 Å². The Morgan fingerprint density at radius 2 is 1.09 bits per heavy atom. The van der Waals surface area contributed by atoms with Crippen LogP contribution < -0.4 is 0 Å². The summed E-state index contributed by atoms with van der Waals surface area (Å²) in [4.78, 5) is 0. The van der Waals surface area contributed by atoms with E-state index in [9.17, 15) is 81.7 Å². The predicted octanol–water partition coefficient (Wildman–Crippen LogP) is -11.0. The van der Waals surface area contributed by atoms with Gasteiger partial charge in [-0.05, 0) is 0 Å². The topological polar surface area (TPSA) is 379 Å². The van der Waals surface area contributed by atoms with Gasteiger partial charge in [-0.1, -0.05) is 0 Å². The van der Waals surface area contributed by atoms with Crippen molar-refractivity contribution < 1.29 is 110 Å². The maximum absolute atomic E-state index is 11.7. The summed E-state index contributed by atoms with van der Waals surface area (Å²) in [5.41, 5.74) is -3.19. The lowest BCUT2D eigenvalue weighted by Gasteiger charge is -2.58. The van der Waals surface area contributed by atoms with Crippen molar-refractivity contribution >= 4 is 0 Å². The second-order valence-electron chi connectivity index (χ2n) is 11.6. The van der Waals surface area contributed by atoms with E-state index in [-0.39, 0.29) is 0 Å². The molecule has 5 unspecified atom stereocenters. The molecule has 0 saturated carbocycles. The first-order valence-electron chi connectivity index (χ1n) is 14.2. The van der Waals surface area contributed by atoms with Gasteiger partial charge in [-0.15, -0.1) is 0 Å². The Kier molecular flexibility index (Phi) is 12.0. The number of aliphatic hydroxyl groups is 16. The second-order valence-corrected chi connectivity index (χ2v) is 11.6. The van der Waals surface area contributed by atoms with Crippen LogP contribution in [0.25, 0.3) is 0 Å². The zero-order valence-corrected chi connectivity index (χ0v) is 23.8. The van der Waals surface area contributed by atoms with Crippen molar-refractivity contribution in [2.45, 2.75) is 122 Å². The molecule has 4 saturated heterocycles. The van der Waals surface area contributed by atoms with Crippen LogP contribution in [-0.4, -0.2) is 230 Å². The minimum absolute atomic E-state index is 0.827. The second kappa shape index (κ2) is 14.5. The van der Waals surface area contributed by atoms with Gasteiger partial charge < -0.3 is 110 Å². The fourth-order valence-corrected chi connectivity index (χ4v) is 5.89. The van der Waals surface area contributed by atoms with Crippen LogP contribution >= 0.6 is 0 Å². The predicted molar refractivity (Wildman–Crippen MR) is 135 cm³/mol. The first kappa shape index (κ1) is 37.9. The Hall–Kier alpha value is -0.880. The third-order valence-electron chi connectivity index (χ3n) is 8.79. The number of ether oxygens (including phenoxy) is 6. The molecule has 4 heterocycles. The van der Waals surface area contributed by atoms with E-state index in [2.05, 4.69) is 0 Å². The molecule has 0 aliphatic carbocycles. The lowest BCUT2D eigenvalue weighted by molar-refractivity contribution is -0.466. The third-order valence-corrected chi connectivity index (χ3v) is 8.79.